The third-order valence-electron chi connectivity index (χ3n) is 9.74. The molecule has 0 saturated carbocycles. The number of rotatable bonds is 14. The number of allylic oxidation sites excluding steroid dienone is 4. The van der Waals surface area contributed by atoms with Gasteiger partial charge >= 0.3 is 329 Å². The Bertz CT molecular complexity index is 1950. The zero-order valence-corrected chi connectivity index (χ0v) is 38.1. The molecule has 2 aromatic rings. The SMILES string of the molecule is CC1(C)C(/C=C/C=C2/N(CCCCS(=O)(=O)[O-])c3ccc([As]4SCCS4)cc3C2(C)C)=[N+](CCCCS(=O)(=O)O)c2ccc([As]3SCCS3)cc21. The number of fused-ring (bicyclic) bond motifs is 2. The molecule has 0 radical (unpaired) electrons. The van der Waals surface area contributed by atoms with Gasteiger partial charge in [-0.1, -0.05) is 0 Å². The van der Waals surface area contributed by atoms with Crippen molar-refractivity contribution < 1.29 is 30.5 Å². The fraction of sp³-hybridized carbons (Fsp3) is 0.514. The van der Waals surface area contributed by atoms with Gasteiger partial charge in [0.25, 0.3) is 0 Å². The molecule has 4 heterocycles. The van der Waals surface area contributed by atoms with Crippen LogP contribution in [-0.2, 0) is 31.1 Å². The average molecular weight is 933 g/mol. The molecular weight excluding hydrogens is 887 g/mol. The van der Waals surface area contributed by atoms with E-state index in [4.69, 9.17) is 0 Å². The van der Waals surface area contributed by atoms with Gasteiger partial charge in [-0.25, -0.2) is 0 Å². The van der Waals surface area contributed by atoms with E-state index in [0.717, 1.165) is 22.8 Å². The Morgan fingerprint density at radius 3 is 2.02 bits per heavy atom. The molecule has 4 aliphatic rings. The van der Waals surface area contributed by atoms with Gasteiger partial charge in [0.2, 0.25) is 0 Å². The first-order chi connectivity index (χ1) is 24.1. The van der Waals surface area contributed by atoms with Crippen LogP contribution >= 0.6 is 40.1 Å². The van der Waals surface area contributed by atoms with Gasteiger partial charge in [0.05, 0.1) is 0 Å². The summed E-state index contributed by atoms with van der Waals surface area (Å²) in [5.74, 6) is 4.27. The molecule has 4 aliphatic heterocycles. The molecule has 0 aliphatic carbocycles. The second-order valence-electron chi connectivity index (χ2n) is 14.1. The predicted octanol–water partition coefficient (Wildman–Crippen LogP) is 5.64. The van der Waals surface area contributed by atoms with Crippen LogP contribution in [0, 0.1) is 0 Å². The van der Waals surface area contributed by atoms with Crippen LogP contribution in [0.4, 0.5) is 11.4 Å². The Labute approximate surface area is 326 Å². The van der Waals surface area contributed by atoms with E-state index in [0.29, 0.717) is 38.8 Å². The van der Waals surface area contributed by atoms with Crippen LogP contribution in [-0.4, -0.2) is 109 Å². The third kappa shape index (κ3) is 9.41. The summed E-state index contributed by atoms with van der Waals surface area (Å²) < 4.78 is 71.7. The summed E-state index contributed by atoms with van der Waals surface area (Å²) in [6.07, 6.45) is 8.46. The molecular formula is C35H46As2N2O6S6. The molecule has 278 valence electrons. The van der Waals surface area contributed by atoms with Gasteiger partial charge < -0.3 is 0 Å². The standard InChI is InChI=1S/C35H46As2N2O6S6/c1-34(2)28-24-26(36-46-18-19-47-36)12-14-30(28)38(16-5-7-22-50(40,41)42)32(34)10-9-11-33-35(3,4)29-25-27(37-48-20-21-49-37)13-15-31(29)39(33)17-6-8-23-51(43,44)45/h9-15,24-25H,5-8,16-23H2,1-4H3,(H-,40,41,42,43,44,45). The second-order valence-corrected chi connectivity index (χ2v) is 40.6. The maximum atomic E-state index is 11.5. The number of unbranched alkanes of at least 4 members (excludes halogenated alkanes) is 2. The fourth-order valence-corrected chi connectivity index (χ4v) is 36.6. The fourth-order valence-electron chi connectivity index (χ4n) is 7.22. The minimum atomic E-state index is -4.26. The van der Waals surface area contributed by atoms with Gasteiger partial charge in [-0.15, -0.1) is 0 Å². The van der Waals surface area contributed by atoms with Crippen molar-refractivity contribution in [2.75, 3.05) is 52.5 Å². The zero-order valence-electron chi connectivity index (χ0n) is 29.4. The first-order valence-electron chi connectivity index (χ1n) is 17.2. The molecule has 1 N–H and O–H groups in total. The summed E-state index contributed by atoms with van der Waals surface area (Å²) in [5, 5.41) is 0. The van der Waals surface area contributed by atoms with Crippen molar-refractivity contribution in [1.82, 2.24) is 0 Å². The molecule has 0 unspecified atom stereocenters. The first kappa shape index (κ1) is 40.4. The van der Waals surface area contributed by atoms with E-state index >= 15 is 0 Å². The number of nitrogens with zero attached hydrogens (tertiary/aromatic N) is 2. The molecule has 0 aromatic heterocycles. The van der Waals surface area contributed by atoms with Crippen LogP contribution in [0.3, 0.4) is 0 Å². The van der Waals surface area contributed by atoms with Gasteiger partial charge in [-0.2, -0.15) is 0 Å². The van der Waals surface area contributed by atoms with Crippen LogP contribution < -0.4 is 13.6 Å². The monoisotopic (exact) mass is 932 g/mol. The molecule has 2 fully saturated rings. The molecule has 2 aromatic carbocycles. The molecule has 0 spiro atoms. The van der Waals surface area contributed by atoms with Gasteiger partial charge in [-0.05, 0) is 0 Å². The maximum absolute atomic E-state index is 11.5. The van der Waals surface area contributed by atoms with Crippen molar-refractivity contribution in [3.05, 3.63) is 71.5 Å². The summed E-state index contributed by atoms with van der Waals surface area (Å²) in [4.78, 5) is 2.32. The second kappa shape index (κ2) is 16.4. The number of benzene rings is 2. The molecule has 0 atom stereocenters. The molecule has 6 rings (SSSR count). The molecule has 2 saturated heterocycles. The normalized spacial score (nSPS) is 21.5. The Hall–Kier alpha value is -0.273. The number of hydrogen-bond donors (Lipinski definition) is 1. The molecule has 8 nitrogen and oxygen atoms in total. The van der Waals surface area contributed by atoms with E-state index in [1.165, 1.54) is 42.8 Å². The summed E-state index contributed by atoms with van der Waals surface area (Å²) in [7, 11) is 0.263. The van der Waals surface area contributed by atoms with Crippen LogP contribution in [0.15, 0.2) is 60.3 Å². The summed E-state index contributed by atoms with van der Waals surface area (Å²) in [6, 6.07) is 13.9. The van der Waals surface area contributed by atoms with E-state index < -0.39 is 44.9 Å². The van der Waals surface area contributed by atoms with Gasteiger partial charge in [0.15, 0.2) is 0 Å². The van der Waals surface area contributed by atoms with Crippen molar-refractivity contribution in [3.63, 3.8) is 0 Å². The zero-order chi connectivity index (χ0) is 36.6. The van der Waals surface area contributed by atoms with Gasteiger partial charge in [-0.3, -0.25) is 0 Å². The summed E-state index contributed by atoms with van der Waals surface area (Å²) >= 11 is -2.39. The van der Waals surface area contributed by atoms with Crippen molar-refractivity contribution >= 4 is 111 Å². The van der Waals surface area contributed by atoms with Crippen molar-refractivity contribution in [2.45, 2.75) is 64.2 Å². The first-order valence-corrected chi connectivity index (χ1v) is 35.2. The summed E-state index contributed by atoms with van der Waals surface area (Å²) in [5.41, 5.74) is 6.63. The van der Waals surface area contributed by atoms with Crippen LogP contribution in [0.1, 0.15) is 64.5 Å². The molecule has 0 amide bonds. The Balaban J connectivity index is 1.34. The predicted molar refractivity (Wildman–Crippen MR) is 223 cm³/mol. The topological polar surface area (TPSA) is 118 Å². The van der Waals surface area contributed by atoms with Crippen molar-refractivity contribution in [3.8, 4) is 0 Å². The third-order valence-corrected chi connectivity index (χ3v) is 38.7. The number of hydrogen-bond acceptors (Lipinski definition) is 10. The van der Waals surface area contributed by atoms with Gasteiger partial charge in [0.1, 0.15) is 0 Å². The Morgan fingerprint density at radius 2 is 1.41 bits per heavy atom. The average Bonchev–Trinajstić information content (AvgIpc) is 3.85. The van der Waals surface area contributed by atoms with Crippen molar-refractivity contribution in [2.24, 2.45) is 0 Å². The van der Waals surface area contributed by atoms with E-state index in [1.54, 1.807) is 0 Å². The molecule has 0 bridgehead atoms. The van der Waals surface area contributed by atoms with E-state index in [9.17, 15) is 25.9 Å². The van der Waals surface area contributed by atoms with Crippen LogP contribution in [0.5, 0.6) is 0 Å². The Kier molecular flexibility index (Phi) is 13.0. The number of anilines is 1. The van der Waals surface area contributed by atoms with E-state index in [1.807, 2.05) is 0 Å². The van der Waals surface area contributed by atoms with E-state index in [2.05, 4.69) is 132 Å². The minimum absolute atomic E-state index is 0.246. The van der Waals surface area contributed by atoms with Crippen molar-refractivity contribution in [1.29, 1.82) is 0 Å². The molecule has 51 heavy (non-hydrogen) atoms. The van der Waals surface area contributed by atoms with Gasteiger partial charge in [0, 0.05) is 0 Å². The molecule has 16 heteroatoms. The Morgan fingerprint density at radius 1 is 0.824 bits per heavy atom. The van der Waals surface area contributed by atoms with E-state index in [-0.39, 0.29) is 22.3 Å². The van der Waals surface area contributed by atoms with Crippen LogP contribution in [0.25, 0.3) is 0 Å². The quantitative estimate of drug-likeness (QED) is 0.110. The van der Waals surface area contributed by atoms with Crippen LogP contribution in [0.2, 0.25) is 0 Å². The summed E-state index contributed by atoms with van der Waals surface area (Å²) in [6.45, 7) is 10.3.